The Morgan fingerprint density at radius 2 is 1.79 bits per heavy atom. The monoisotopic (exact) mass is 276 g/mol. The van der Waals surface area contributed by atoms with E-state index in [1.165, 1.54) is 24.4 Å². The van der Waals surface area contributed by atoms with E-state index in [2.05, 4.69) is 10.2 Å². The highest BCUT2D eigenvalue weighted by Gasteiger charge is 2.31. The number of benzene rings is 1. The van der Waals surface area contributed by atoms with Gasteiger partial charge in [0.05, 0.1) is 10.6 Å². The zero-order chi connectivity index (χ0) is 13.9. The lowest BCUT2D eigenvalue weighted by molar-refractivity contribution is 0.582. The minimum atomic E-state index is -3.86. The van der Waals surface area contributed by atoms with Gasteiger partial charge in [0.15, 0.2) is 0 Å². The van der Waals surface area contributed by atoms with Gasteiger partial charge in [-0.1, -0.05) is 23.8 Å². The van der Waals surface area contributed by atoms with E-state index in [1.54, 1.807) is 24.3 Å². The number of hydrogen-bond acceptors (Lipinski definition) is 5. The Kier molecular flexibility index (Phi) is 3.71. The molecule has 0 spiro atoms. The van der Waals surface area contributed by atoms with Crippen LogP contribution in [-0.2, 0) is 9.84 Å². The summed E-state index contributed by atoms with van der Waals surface area (Å²) in [6, 6.07) is 11.0. The molecule has 1 aromatic heterocycles. The van der Waals surface area contributed by atoms with Crippen LogP contribution in [0.25, 0.3) is 0 Å². The van der Waals surface area contributed by atoms with E-state index in [1.807, 2.05) is 6.92 Å². The van der Waals surface area contributed by atoms with Gasteiger partial charge in [-0.3, -0.25) is 4.98 Å². The first-order chi connectivity index (χ1) is 9.05. The third-order valence-corrected chi connectivity index (χ3v) is 4.52. The Hall–Kier alpha value is -2.08. The average molecular weight is 276 g/mol. The third-order valence-electron chi connectivity index (χ3n) is 2.68. The number of sulfone groups is 1. The SMILES string of the molecule is Cc1ccc(S(=O)(=O)C(N=O)c2ccccn2)cc1. The van der Waals surface area contributed by atoms with Gasteiger partial charge in [0.1, 0.15) is 0 Å². The number of aromatic nitrogens is 1. The molecule has 1 unspecified atom stereocenters. The van der Waals surface area contributed by atoms with Crippen molar-refractivity contribution < 1.29 is 8.42 Å². The highest BCUT2D eigenvalue weighted by Crippen LogP contribution is 2.28. The van der Waals surface area contributed by atoms with Crippen molar-refractivity contribution in [3.63, 3.8) is 0 Å². The van der Waals surface area contributed by atoms with Crippen molar-refractivity contribution in [3.05, 3.63) is 64.8 Å². The zero-order valence-corrected chi connectivity index (χ0v) is 11.0. The van der Waals surface area contributed by atoms with Crippen LogP contribution in [0.2, 0.25) is 0 Å². The first-order valence-electron chi connectivity index (χ1n) is 5.59. The van der Waals surface area contributed by atoms with Crippen LogP contribution < -0.4 is 0 Å². The smallest absolute Gasteiger partial charge is 0.238 e. The summed E-state index contributed by atoms with van der Waals surface area (Å²) in [5.41, 5.74) is 1.06. The van der Waals surface area contributed by atoms with E-state index >= 15 is 0 Å². The topological polar surface area (TPSA) is 76.5 Å². The Balaban J connectivity index is 2.48. The van der Waals surface area contributed by atoms with Crippen LogP contribution in [0.15, 0.2) is 58.7 Å². The minimum absolute atomic E-state index is 0.0633. The molecule has 1 aromatic carbocycles. The molecule has 0 aliphatic carbocycles. The molecule has 2 rings (SSSR count). The Labute approximate surface area is 111 Å². The molecular weight excluding hydrogens is 264 g/mol. The van der Waals surface area contributed by atoms with E-state index in [-0.39, 0.29) is 10.6 Å². The predicted molar refractivity (Wildman–Crippen MR) is 71.1 cm³/mol. The lowest BCUT2D eigenvalue weighted by Crippen LogP contribution is -2.12. The molecule has 0 aliphatic rings. The van der Waals surface area contributed by atoms with E-state index in [0.717, 1.165) is 5.56 Å². The lowest BCUT2D eigenvalue weighted by Gasteiger charge is -2.10. The summed E-state index contributed by atoms with van der Waals surface area (Å²) in [5, 5.41) is 1.21. The highest BCUT2D eigenvalue weighted by molar-refractivity contribution is 7.91. The van der Waals surface area contributed by atoms with Gasteiger partial charge in [-0.25, -0.2) is 8.42 Å². The molecule has 1 atom stereocenters. The van der Waals surface area contributed by atoms with Crippen molar-refractivity contribution in [3.8, 4) is 0 Å². The third kappa shape index (κ3) is 2.68. The van der Waals surface area contributed by atoms with Gasteiger partial charge < -0.3 is 0 Å². The van der Waals surface area contributed by atoms with Gasteiger partial charge >= 0.3 is 0 Å². The summed E-state index contributed by atoms with van der Waals surface area (Å²) in [6.45, 7) is 1.85. The number of rotatable bonds is 4. The summed E-state index contributed by atoms with van der Waals surface area (Å²) >= 11 is 0. The molecule has 98 valence electrons. The summed E-state index contributed by atoms with van der Waals surface area (Å²) in [4.78, 5) is 14.9. The summed E-state index contributed by atoms with van der Waals surface area (Å²) in [7, 11) is -3.86. The number of nitroso groups, excluding NO2 is 1. The molecule has 1 heterocycles. The van der Waals surface area contributed by atoms with Crippen LogP contribution in [0.1, 0.15) is 16.6 Å². The molecule has 0 bridgehead atoms. The van der Waals surface area contributed by atoms with Crippen molar-refractivity contribution in [2.24, 2.45) is 5.18 Å². The van der Waals surface area contributed by atoms with E-state index in [9.17, 15) is 13.3 Å². The maximum absolute atomic E-state index is 12.3. The van der Waals surface area contributed by atoms with Gasteiger partial charge in [-0.15, -0.1) is 4.91 Å². The van der Waals surface area contributed by atoms with Crippen molar-refractivity contribution in [1.29, 1.82) is 0 Å². The minimum Gasteiger partial charge on any atom is -0.258 e. The molecular formula is C13H12N2O3S. The second-order valence-electron chi connectivity index (χ2n) is 4.07. The number of nitrogens with zero attached hydrogens (tertiary/aromatic N) is 2. The van der Waals surface area contributed by atoms with Crippen molar-refractivity contribution in [2.45, 2.75) is 17.2 Å². The van der Waals surface area contributed by atoms with Crippen LogP contribution in [0.3, 0.4) is 0 Å². The zero-order valence-electron chi connectivity index (χ0n) is 10.2. The normalized spacial score (nSPS) is 12.9. The molecule has 0 aliphatic heterocycles. The fourth-order valence-corrected chi connectivity index (χ4v) is 2.99. The molecule has 2 aromatic rings. The second kappa shape index (κ2) is 5.27. The molecule has 0 amide bonds. The average Bonchev–Trinajstić information content (AvgIpc) is 2.41. The Morgan fingerprint density at radius 1 is 1.11 bits per heavy atom. The molecule has 0 N–H and O–H groups in total. The van der Waals surface area contributed by atoms with Crippen molar-refractivity contribution >= 4 is 9.84 Å². The van der Waals surface area contributed by atoms with Crippen LogP contribution in [0.5, 0.6) is 0 Å². The number of hydrogen-bond donors (Lipinski definition) is 0. The largest absolute Gasteiger partial charge is 0.258 e. The van der Waals surface area contributed by atoms with E-state index in [4.69, 9.17) is 0 Å². The van der Waals surface area contributed by atoms with Crippen molar-refractivity contribution in [2.75, 3.05) is 0 Å². The van der Waals surface area contributed by atoms with Gasteiger partial charge in [0.25, 0.3) is 0 Å². The predicted octanol–water partition coefficient (Wildman–Crippen LogP) is 2.63. The summed E-state index contributed by atoms with van der Waals surface area (Å²) in [5.74, 6) is 0. The van der Waals surface area contributed by atoms with Crippen LogP contribution in [-0.4, -0.2) is 13.4 Å². The fourth-order valence-electron chi connectivity index (χ4n) is 1.65. The number of pyridine rings is 1. The maximum Gasteiger partial charge on any atom is 0.238 e. The van der Waals surface area contributed by atoms with Gasteiger partial charge in [-0.2, -0.15) is 0 Å². The van der Waals surface area contributed by atoms with E-state index in [0.29, 0.717) is 0 Å². The lowest BCUT2D eigenvalue weighted by atomic mass is 10.2. The highest BCUT2D eigenvalue weighted by atomic mass is 32.2. The van der Waals surface area contributed by atoms with Crippen LogP contribution >= 0.6 is 0 Å². The summed E-state index contributed by atoms with van der Waals surface area (Å²) < 4.78 is 24.7. The molecule has 0 radical (unpaired) electrons. The molecule has 6 heteroatoms. The maximum atomic E-state index is 12.3. The first kappa shape index (κ1) is 13.4. The molecule has 0 fully saturated rings. The van der Waals surface area contributed by atoms with Gasteiger partial charge in [0, 0.05) is 6.20 Å². The molecule has 0 saturated carbocycles. The van der Waals surface area contributed by atoms with Gasteiger partial charge in [0.2, 0.25) is 15.2 Å². The van der Waals surface area contributed by atoms with Crippen LogP contribution in [0.4, 0.5) is 0 Å². The Bertz CT molecular complexity index is 667. The van der Waals surface area contributed by atoms with Crippen molar-refractivity contribution in [1.82, 2.24) is 4.98 Å². The number of aryl methyl sites for hydroxylation is 1. The summed E-state index contributed by atoms with van der Waals surface area (Å²) in [6.07, 6.45) is 1.43. The fraction of sp³-hybridized carbons (Fsp3) is 0.154. The van der Waals surface area contributed by atoms with Crippen LogP contribution in [0, 0.1) is 11.8 Å². The molecule has 5 nitrogen and oxygen atoms in total. The van der Waals surface area contributed by atoms with Gasteiger partial charge in [-0.05, 0) is 36.4 Å². The Morgan fingerprint density at radius 3 is 2.32 bits per heavy atom. The standard InChI is InChI=1S/C13H12N2O3S/c1-10-5-7-11(8-6-10)19(17,18)13(15-16)12-4-2-3-9-14-12/h2-9,13H,1H3. The van der Waals surface area contributed by atoms with E-state index < -0.39 is 15.2 Å². The molecule has 19 heavy (non-hydrogen) atoms. The second-order valence-corrected chi connectivity index (χ2v) is 6.08. The molecule has 0 saturated heterocycles. The first-order valence-corrected chi connectivity index (χ1v) is 7.14. The quantitative estimate of drug-likeness (QED) is 0.804.